The van der Waals surface area contributed by atoms with Crippen LogP contribution in [0.4, 0.5) is 10.1 Å². The lowest BCUT2D eigenvalue weighted by molar-refractivity contribution is -0.140. The molecule has 0 N–H and O–H groups in total. The van der Waals surface area contributed by atoms with Crippen molar-refractivity contribution in [3.05, 3.63) is 52.8 Å². The van der Waals surface area contributed by atoms with Gasteiger partial charge in [0.25, 0.3) is 5.91 Å². The van der Waals surface area contributed by atoms with Gasteiger partial charge >= 0.3 is 0 Å². The summed E-state index contributed by atoms with van der Waals surface area (Å²) < 4.78 is 24.5. The Balaban J connectivity index is 0.000000599. The Hall–Kier alpha value is -3.35. The fourth-order valence-electron chi connectivity index (χ4n) is 4.57. The molecule has 1 fully saturated rings. The Morgan fingerprint density at radius 2 is 1.95 bits per heavy atom. The summed E-state index contributed by atoms with van der Waals surface area (Å²) in [5, 5.41) is 10.3. The number of likely N-dealkylation sites (tertiary alicyclic amines) is 1. The summed E-state index contributed by atoms with van der Waals surface area (Å²) in [5.74, 6) is 0.659. The number of amides is 1. The molecule has 2 aromatic rings. The molecule has 4 rings (SSSR count). The van der Waals surface area contributed by atoms with E-state index in [-0.39, 0.29) is 11.7 Å². The van der Waals surface area contributed by atoms with Crippen molar-refractivity contribution in [3.63, 3.8) is 0 Å². The number of hydrogen-bond acceptors (Lipinski definition) is 7. The third-order valence-corrected chi connectivity index (χ3v) is 7.09. The van der Waals surface area contributed by atoms with Crippen LogP contribution in [0, 0.1) is 22.6 Å². The van der Waals surface area contributed by atoms with E-state index in [1.54, 1.807) is 29.2 Å². The van der Waals surface area contributed by atoms with Gasteiger partial charge in [0.2, 0.25) is 0 Å². The number of benzene rings is 2. The van der Waals surface area contributed by atoms with Crippen molar-refractivity contribution < 1.29 is 23.5 Å². The number of anilines is 1. The van der Waals surface area contributed by atoms with Crippen molar-refractivity contribution in [1.82, 2.24) is 9.80 Å². The summed E-state index contributed by atoms with van der Waals surface area (Å²) >= 11 is 6.23. The molecule has 0 radical (unpaired) electrons. The monoisotopic (exact) mass is 544 g/mol. The van der Waals surface area contributed by atoms with Gasteiger partial charge in [-0.1, -0.05) is 23.7 Å². The number of carbonyl (C=O) groups is 2. The minimum Gasteiger partial charge on any atom is -0.495 e. The predicted molar refractivity (Wildman–Crippen MR) is 144 cm³/mol. The van der Waals surface area contributed by atoms with E-state index in [1.165, 1.54) is 19.2 Å². The first-order valence-corrected chi connectivity index (χ1v) is 12.8. The molecule has 204 valence electrons. The number of fused-ring (bicyclic) bond motifs is 1. The molecule has 0 aromatic heterocycles. The molecule has 1 amide bonds. The van der Waals surface area contributed by atoms with Crippen LogP contribution in [-0.2, 0) is 16.0 Å². The maximum Gasteiger partial charge on any atom is 0.265 e. The molecule has 1 unspecified atom stereocenters. The highest BCUT2D eigenvalue weighted by Crippen LogP contribution is 2.41. The van der Waals surface area contributed by atoms with Crippen LogP contribution < -0.4 is 14.4 Å². The van der Waals surface area contributed by atoms with Crippen LogP contribution in [0.3, 0.4) is 0 Å². The lowest BCUT2D eigenvalue weighted by Crippen LogP contribution is -2.52. The predicted octanol–water partition coefficient (Wildman–Crippen LogP) is 3.81. The topological polar surface area (TPSA) is 86.1 Å². The van der Waals surface area contributed by atoms with Gasteiger partial charge in [0.05, 0.1) is 42.4 Å². The van der Waals surface area contributed by atoms with Gasteiger partial charge < -0.3 is 29.0 Å². The Morgan fingerprint density at radius 3 is 2.47 bits per heavy atom. The number of halogens is 2. The quantitative estimate of drug-likeness (QED) is 0.511. The lowest BCUT2D eigenvalue weighted by atomic mass is 9.75. The van der Waals surface area contributed by atoms with Crippen LogP contribution in [0.25, 0.3) is 0 Å². The average Bonchev–Trinajstić information content (AvgIpc) is 2.90. The van der Waals surface area contributed by atoms with E-state index in [2.05, 4.69) is 6.07 Å². The molecule has 2 aliphatic rings. The molecule has 1 saturated heterocycles. The van der Waals surface area contributed by atoms with Gasteiger partial charge in [-0.2, -0.15) is 5.26 Å². The zero-order valence-electron chi connectivity index (χ0n) is 22.2. The van der Waals surface area contributed by atoms with Crippen molar-refractivity contribution in [2.24, 2.45) is 5.41 Å². The number of carbonyl (C=O) groups excluding carboxylic acids is 2. The highest BCUT2D eigenvalue weighted by Gasteiger charge is 2.39. The number of methoxy groups -OCH3 is 1. The van der Waals surface area contributed by atoms with E-state index in [0.29, 0.717) is 62.0 Å². The van der Waals surface area contributed by atoms with Crippen molar-refractivity contribution in [2.45, 2.75) is 25.4 Å². The number of ether oxygens (including phenoxy) is 2. The molecular weight excluding hydrogens is 511 g/mol. The first-order valence-electron chi connectivity index (χ1n) is 12.4. The number of nitriles is 1. The summed E-state index contributed by atoms with van der Waals surface area (Å²) in [7, 11) is 7.14. The van der Waals surface area contributed by atoms with Gasteiger partial charge in [-0.25, -0.2) is 4.39 Å². The lowest BCUT2D eigenvalue weighted by Gasteiger charge is -2.40. The van der Waals surface area contributed by atoms with Crippen molar-refractivity contribution >= 4 is 29.5 Å². The molecule has 0 spiro atoms. The van der Waals surface area contributed by atoms with E-state index in [0.717, 1.165) is 17.5 Å². The van der Waals surface area contributed by atoms with E-state index in [4.69, 9.17) is 21.1 Å². The molecule has 0 bridgehead atoms. The molecular formula is C28H34ClFN4O4. The molecule has 0 saturated carbocycles. The van der Waals surface area contributed by atoms with Crippen molar-refractivity contribution in [1.29, 1.82) is 5.26 Å². The van der Waals surface area contributed by atoms with Gasteiger partial charge in [-0.15, -0.1) is 0 Å². The van der Waals surface area contributed by atoms with Crippen LogP contribution in [-0.4, -0.2) is 82.5 Å². The van der Waals surface area contributed by atoms with E-state index >= 15 is 0 Å². The summed E-state index contributed by atoms with van der Waals surface area (Å²) in [6, 6.07) is 12.2. The standard InChI is InChI=1S/C24H25ClFN3O3.C4H9NO/c1-28-14-22(32-21-12-20(31-2)18(25)11-19(21)28)23(30)29-9-7-24(15-27,8-10-29)13-16-3-5-17(26)6-4-16;1-5(2)3-4-6/h3-6,11-12,22H,7-10,13-14H2,1-2H3;4H,3H2,1-2H3. The minimum absolute atomic E-state index is 0.0928. The van der Waals surface area contributed by atoms with Gasteiger partial charge in [-0.05, 0) is 57.1 Å². The Bertz CT molecular complexity index is 1160. The molecule has 2 aromatic carbocycles. The smallest absolute Gasteiger partial charge is 0.265 e. The first-order chi connectivity index (χ1) is 18.1. The highest BCUT2D eigenvalue weighted by molar-refractivity contribution is 6.32. The maximum atomic E-state index is 13.2. The zero-order chi connectivity index (χ0) is 27.9. The third kappa shape index (κ3) is 7.15. The van der Waals surface area contributed by atoms with Crippen LogP contribution >= 0.6 is 11.6 Å². The van der Waals surface area contributed by atoms with E-state index in [9.17, 15) is 19.2 Å². The normalized spacial score (nSPS) is 17.9. The second kappa shape index (κ2) is 12.9. The minimum atomic E-state index is -0.648. The average molecular weight is 545 g/mol. The summed E-state index contributed by atoms with van der Waals surface area (Å²) in [6.45, 7) is 1.89. The molecule has 0 aliphatic carbocycles. The summed E-state index contributed by atoms with van der Waals surface area (Å²) in [5.41, 5.74) is 1.17. The highest BCUT2D eigenvalue weighted by atomic mass is 35.5. The molecule has 1 atom stereocenters. The van der Waals surface area contributed by atoms with Gasteiger partial charge in [0.1, 0.15) is 23.6 Å². The zero-order valence-corrected chi connectivity index (χ0v) is 23.0. The molecule has 10 heteroatoms. The fourth-order valence-corrected chi connectivity index (χ4v) is 4.80. The second-order valence-corrected chi connectivity index (χ2v) is 10.3. The Kier molecular flexibility index (Phi) is 9.95. The van der Waals surface area contributed by atoms with E-state index < -0.39 is 11.5 Å². The molecule has 2 aliphatic heterocycles. The Labute approximate surface area is 228 Å². The molecule has 38 heavy (non-hydrogen) atoms. The SMILES string of the molecule is CN(C)CC=O.COc1cc2c(cc1Cl)N(C)CC(C(=O)N1CCC(C#N)(Cc3ccc(F)cc3)CC1)O2. The fraction of sp³-hybridized carbons (Fsp3) is 0.464. The second-order valence-electron chi connectivity index (χ2n) is 9.89. The largest absolute Gasteiger partial charge is 0.495 e. The molecule has 8 nitrogen and oxygen atoms in total. The Morgan fingerprint density at radius 1 is 1.29 bits per heavy atom. The number of nitrogens with zero attached hydrogens (tertiary/aromatic N) is 4. The van der Waals surface area contributed by atoms with Gasteiger partial charge in [0.15, 0.2) is 6.10 Å². The number of aldehydes is 1. The number of hydrogen-bond donors (Lipinski definition) is 0. The first kappa shape index (κ1) is 29.2. The van der Waals surface area contributed by atoms with E-state index in [1.807, 2.05) is 30.9 Å². The summed E-state index contributed by atoms with van der Waals surface area (Å²) in [4.78, 5) is 28.3. The van der Waals surface area contributed by atoms with Crippen molar-refractivity contribution in [2.75, 3.05) is 59.3 Å². The van der Waals surface area contributed by atoms with Crippen LogP contribution in [0.2, 0.25) is 5.02 Å². The summed E-state index contributed by atoms with van der Waals surface area (Å²) in [6.07, 6.45) is 1.90. The van der Waals surface area contributed by atoms with Crippen LogP contribution in [0.5, 0.6) is 11.5 Å². The number of likely N-dealkylation sites (N-methyl/N-ethyl adjacent to an activating group) is 2. The molecule has 2 heterocycles. The van der Waals surface area contributed by atoms with Gasteiger partial charge in [0, 0.05) is 26.2 Å². The third-order valence-electron chi connectivity index (χ3n) is 6.79. The number of piperidine rings is 1. The van der Waals surface area contributed by atoms with Crippen LogP contribution in [0.1, 0.15) is 18.4 Å². The maximum absolute atomic E-state index is 13.2. The van der Waals surface area contributed by atoms with Gasteiger partial charge in [-0.3, -0.25) is 4.79 Å². The van der Waals surface area contributed by atoms with Crippen LogP contribution in [0.15, 0.2) is 36.4 Å². The van der Waals surface area contributed by atoms with Crippen molar-refractivity contribution in [3.8, 4) is 17.6 Å². The number of rotatable bonds is 6.